The van der Waals surface area contributed by atoms with Crippen molar-refractivity contribution in [2.24, 2.45) is 16.8 Å². The summed E-state index contributed by atoms with van der Waals surface area (Å²) in [5, 5.41) is 7.61. The summed E-state index contributed by atoms with van der Waals surface area (Å²) in [4.78, 5) is 28.7. The Balaban J connectivity index is 0.00000363. The molecule has 9 nitrogen and oxygen atoms in total. The molecule has 0 aromatic heterocycles. The number of methoxy groups -OCH3 is 1. The van der Waals surface area contributed by atoms with Gasteiger partial charge in [0.05, 0.1) is 25.6 Å². The number of imide groups is 1. The van der Waals surface area contributed by atoms with E-state index in [-0.39, 0.29) is 5.92 Å². The molecule has 1 aromatic carbocycles. The van der Waals surface area contributed by atoms with Crippen molar-refractivity contribution in [3.05, 3.63) is 59.7 Å². The Kier molecular flexibility index (Phi) is 18.8. The number of nitrogens with one attached hydrogen (secondary N) is 2. The quantitative estimate of drug-likeness (QED) is 0.143. The molecule has 40 heavy (non-hydrogen) atoms. The minimum Gasteiger partial charge on any atom is -0.497 e. The van der Waals surface area contributed by atoms with Gasteiger partial charge in [0.25, 0.3) is 5.91 Å². The van der Waals surface area contributed by atoms with Crippen molar-refractivity contribution in [3.63, 3.8) is 0 Å². The number of carbonyl (C=O) groups is 2. The van der Waals surface area contributed by atoms with E-state index >= 15 is 0 Å². The molecule has 9 heteroatoms. The Morgan fingerprint density at radius 1 is 1.25 bits per heavy atom. The van der Waals surface area contributed by atoms with Gasteiger partial charge >= 0.3 is 6.03 Å². The monoisotopic (exact) mass is 553 g/mol. The van der Waals surface area contributed by atoms with Crippen LogP contribution in [0.1, 0.15) is 71.9 Å². The number of primary amides is 1. The van der Waals surface area contributed by atoms with Crippen molar-refractivity contribution in [3.8, 4) is 17.6 Å². The van der Waals surface area contributed by atoms with Crippen LogP contribution in [0.4, 0.5) is 4.79 Å². The van der Waals surface area contributed by atoms with Crippen LogP contribution in [0.3, 0.4) is 0 Å². The molecule has 0 spiro atoms. The fraction of sp³-hybridized carbons (Fsp3) is 0.452. The predicted molar refractivity (Wildman–Crippen MR) is 164 cm³/mol. The molecule has 4 N–H and O–H groups in total. The van der Waals surface area contributed by atoms with Crippen molar-refractivity contribution in [1.82, 2.24) is 15.8 Å². The topological polar surface area (TPSA) is 118 Å². The van der Waals surface area contributed by atoms with Crippen molar-refractivity contribution >= 4 is 23.8 Å². The first-order valence-electron chi connectivity index (χ1n) is 13.7. The van der Waals surface area contributed by atoms with E-state index in [4.69, 9.17) is 15.3 Å². The van der Waals surface area contributed by atoms with Crippen molar-refractivity contribution in [2.75, 3.05) is 14.2 Å². The number of fused-ring (bicyclic) bond motifs is 1. The summed E-state index contributed by atoms with van der Waals surface area (Å²) in [5.41, 5.74) is 11.8. The van der Waals surface area contributed by atoms with Gasteiger partial charge in [0, 0.05) is 11.5 Å². The maximum atomic E-state index is 12.7. The molecule has 2 atom stereocenters. The second-order valence-corrected chi connectivity index (χ2v) is 8.14. The summed E-state index contributed by atoms with van der Waals surface area (Å²) in [6, 6.07) is 3.74. The van der Waals surface area contributed by atoms with Crippen LogP contribution in [0, 0.1) is 17.8 Å². The Morgan fingerprint density at radius 2 is 1.95 bits per heavy atom. The molecule has 0 aliphatic carbocycles. The lowest BCUT2D eigenvalue weighted by atomic mass is 10.1. The summed E-state index contributed by atoms with van der Waals surface area (Å²) in [5.74, 6) is 6.29. The number of urea groups is 1. The molecule has 1 aromatic rings. The van der Waals surface area contributed by atoms with E-state index < -0.39 is 18.0 Å². The molecule has 0 bridgehead atoms. The first-order valence-corrected chi connectivity index (χ1v) is 13.7. The molecule has 2 rings (SSSR count). The lowest BCUT2D eigenvalue weighted by molar-refractivity contribution is -0.121. The van der Waals surface area contributed by atoms with Crippen LogP contribution in [-0.4, -0.2) is 43.4 Å². The van der Waals surface area contributed by atoms with Crippen molar-refractivity contribution < 1.29 is 19.2 Å². The molecule has 220 valence electrons. The van der Waals surface area contributed by atoms with Gasteiger partial charge in [-0.25, -0.2) is 10.2 Å². The second-order valence-electron chi connectivity index (χ2n) is 8.14. The van der Waals surface area contributed by atoms with E-state index in [0.717, 1.165) is 29.5 Å². The zero-order valence-corrected chi connectivity index (χ0v) is 25.3. The van der Waals surface area contributed by atoms with E-state index in [2.05, 4.69) is 40.4 Å². The molecule has 0 radical (unpaired) electrons. The normalized spacial score (nSPS) is 13.7. The van der Waals surface area contributed by atoms with Crippen LogP contribution in [-0.2, 0) is 16.2 Å². The maximum absolute atomic E-state index is 12.7. The van der Waals surface area contributed by atoms with Crippen LogP contribution in [0.15, 0.2) is 53.7 Å². The minimum absolute atomic E-state index is 0.151. The Bertz CT molecular complexity index is 1100. The number of benzene rings is 1. The fourth-order valence-corrected chi connectivity index (χ4v) is 3.51. The first kappa shape index (κ1) is 36.0. The van der Waals surface area contributed by atoms with Gasteiger partial charge < -0.3 is 20.3 Å². The number of nitrogens with two attached hydrogens (primary N) is 1. The molecule has 1 heterocycles. The zero-order chi connectivity index (χ0) is 30.5. The maximum Gasteiger partial charge on any atom is 0.318 e. The zero-order valence-electron chi connectivity index (χ0n) is 25.3. The van der Waals surface area contributed by atoms with E-state index in [1.165, 1.54) is 7.11 Å². The molecule has 2 unspecified atom stereocenters. The van der Waals surface area contributed by atoms with Crippen LogP contribution in [0.25, 0.3) is 5.70 Å². The molecule has 0 fully saturated rings. The highest BCUT2D eigenvalue weighted by atomic mass is 16.6. The number of oxime groups is 1. The van der Waals surface area contributed by atoms with Gasteiger partial charge in [-0.1, -0.05) is 89.4 Å². The van der Waals surface area contributed by atoms with E-state index in [1.807, 2.05) is 71.9 Å². The van der Waals surface area contributed by atoms with E-state index in [1.54, 1.807) is 18.3 Å². The molecule has 0 saturated heterocycles. The Hall–Kier alpha value is -4.03. The number of hydrazine groups is 1. The largest absolute Gasteiger partial charge is 0.497 e. The molecular formula is C31H47N5O4. The average molecular weight is 554 g/mol. The Labute approximate surface area is 240 Å². The number of carbonyl (C=O) groups excluding carboxylic acids is 2. The lowest BCUT2D eigenvalue weighted by Gasteiger charge is -2.24. The third kappa shape index (κ3) is 12.7. The highest BCUT2D eigenvalue weighted by molar-refractivity contribution is 5.98. The van der Waals surface area contributed by atoms with Gasteiger partial charge in [0.2, 0.25) is 0 Å². The predicted octanol–water partition coefficient (Wildman–Crippen LogP) is 5.55. The van der Waals surface area contributed by atoms with E-state index in [0.29, 0.717) is 24.4 Å². The number of amides is 3. The third-order valence-corrected chi connectivity index (χ3v) is 5.32. The van der Waals surface area contributed by atoms with E-state index in [9.17, 15) is 9.59 Å². The Morgan fingerprint density at radius 3 is 2.55 bits per heavy atom. The number of hydrogen-bond donors (Lipinski definition) is 3. The highest BCUT2D eigenvalue weighted by Gasteiger charge is 2.27. The van der Waals surface area contributed by atoms with Gasteiger partial charge in [-0.2, -0.15) is 0 Å². The van der Waals surface area contributed by atoms with Crippen LogP contribution >= 0.6 is 0 Å². The summed E-state index contributed by atoms with van der Waals surface area (Å²) in [7, 11) is 3.11. The number of allylic oxidation sites excluding steroid dienone is 4. The molecule has 0 saturated carbocycles. The summed E-state index contributed by atoms with van der Waals surface area (Å²) in [6.07, 6.45) is 10.1. The standard InChI is InChI=1S/C27H35N5O4.2C2H6/c1-6-9-21(11-8-7-10-19(2)17-29-36-5)12-15-25(26(33)30-27(28)34)31-32-18-22-13-14-23(35-4)16-24(22)20(32)3;2*1-2/h7,9-10,13-14,16-17,19,25,31H,3,6,8,11,18H2,1-2,4-5H3,(H3,28,30,33,34);2*1-2H3/b10-7-,21-9+,29-17-;;. The molecule has 1 aliphatic rings. The summed E-state index contributed by atoms with van der Waals surface area (Å²) < 4.78 is 5.30. The van der Waals surface area contributed by atoms with Gasteiger partial charge in [0.1, 0.15) is 12.9 Å². The lowest BCUT2D eigenvalue weighted by Crippen LogP contribution is -2.51. The number of nitrogens with zero attached hydrogens (tertiary/aromatic N) is 2. The van der Waals surface area contributed by atoms with Gasteiger partial charge in [-0.15, -0.1) is 0 Å². The van der Waals surface area contributed by atoms with Crippen molar-refractivity contribution in [2.45, 2.75) is 73.4 Å². The average Bonchev–Trinajstić information content (AvgIpc) is 3.27. The van der Waals surface area contributed by atoms with Crippen molar-refractivity contribution in [1.29, 1.82) is 0 Å². The highest BCUT2D eigenvalue weighted by Crippen LogP contribution is 2.32. The molecule has 1 aliphatic heterocycles. The molecular weight excluding hydrogens is 506 g/mol. The first-order chi connectivity index (χ1) is 19.3. The number of rotatable bonds is 11. The SMILES string of the molecule is C=C1c2cc(OC)ccc2CN1NC(C#C/C(=C/CC)CC/C=C\C(C)/C=N\OC)C(=O)NC(N)=O.CC.CC. The van der Waals surface area contributed by atoms with Gasteiger partial charge in [-0.3, -0.25) is 10.1 Å². The summed E-state index contributed by atoms with van der Waals surface area (Å²) >= 11 is 0. The smallest absolute Gasteiger partial charge is 0.318 e. The second kappa shape index (κ2) is 20.9. The number of ether oxygens (including phenoxy) is 1. The number of hydrogen-bond acceptors (Lipinski definition) is 7. The molecule has 3 amide bonds. The third-order valence-electron chi connectivity index (χ3n) is 5.32. The van der Waals surface area contributed by atoms with Crippen LogP contribution < -0.4 is 21.2 Å². The fourth-order valence-electron chi connectivity index (χ4n) is 3.51. The van der Waals surface area contributed by atoms with Gasteiger partial charge in [0.15, 0.2) is 6.04 Å². The minimum atomic E-state index is -1.02. The van der Waals surface area contributed by atoms with Gasteiger partial charge in [-0.05, 0) is 42.5 Å². The van der Waals surface area contributed by atoms with Crippen LogP contribution in [0.2, 0.25) is 0 Å². The summed E-state index contributed by atoms with van der Waals surface area (Å²) in [6.45, 7) is 16.6. The van der Waals surface area contributed by atoms with Crippen LogP contribution in [0.5, 0.6) is 5.75 Å².